The maximum Gasteiger partial charge on any atom is 0.255 e. The van der Waals surface area contributed by atoms with E-state index >= 15 is 0 Å². The quantitative estimate of drug-likeness (QED) is 0.296. The van der Waals surface area contributed by atoms with Crippen LogP contribution < -0.4 is 10.2 Å². The lowest BCUT2D eigenvalue weighted by molar-refractivity contribution is -0.121. The normalized spacial score (nSPS) is 11.6. The number of halogens is 1. The number of phenolic OH excluding ortho intramolecular Hbond substituents is 1. The molecule has 0 aliphatic carbocycles. The van der Waals surface area contributed by atoms with E-state index in [0.29, 0.717) is 17.9 Å². The molecule has 0 atom stereocenters. The Labute approximate surface area is 207 Å². The van der Waals surface area contributed by atoms with Gasteiger partial charge in [-0.1, -0.05) is 52.3 Å². The number of phenols is 1. The summed E-state index contributed by atoms with van der Waals surface area (Å²) in [6.45, 7) is 1.73. The molecule has 0 saturated heterocycles. The molecule has 0 unspecified atom stereocenters. The molecule has 0 bridgehead atoms. The Kier molecular flexibility index (Phi) is 8.80. The lowest BCUT2D eigenvalue weighted by Crippen LogP contribution is -2.39. The highest BCUT2D eigenvalue weighted by atomic mass is 79.9. The number of aromatic hydroxyl groups is 1. The fourth-order valence-corrected chi connectivity index (χ4v) is 4.72. The Morgan fingerprint density at radius 2 is 1.79 bits per heavy atom. The standard InChI is InChI=1S/C24H24BrN3O5S/c1-2-33-22-10-6-7-19(24(22)30)15-26-27-23(29)17-28(16-18-11-13-20(25)14-12-18)34(31,32)21-8-4-3-5-9-21/h3-15,30H,2,16-17H2,1H3,(H,27,29)/b26-15-. The van der Waals surface area contributed by atoms with E-state index in [9.17, 15) is 18.3 Å². The highest BCUT2D eigenvalue weighted by Crippen LogP contribution is 2.28. The molecule has 178 valence electrons. The maximum atomic E-state index is 13.2. The maximum absolute atomic E-state index is 13.2. The van der Waals surface area contributed by atoms with Gasteiger partial charge in [0.2, 0.25) is 10.0 Å². The van der Waals surface area contributed by atoms with E-state index in [4.69, 9.17) is 4.74 Å². The van der Waals surface area contributed by atoms with Crippen molar-refractivity contribution < 1.29 is 23.1 Å². The minimum Gasteiger partial charge on any atom is -0.504 e. The van der Waals surface area contributed by atoms with Gasteiger partial charge >= 0.3 is 0 Å². The Morgan fingerprint density at radius 3 is 2.47 bits per heavy atom. The fraction of sp³-hybridized carbons (Fsp3) is 0.167. The van der Waals surface area contributed by atoms with E-state index in [2.05, 4.69) is 26.5 Å². The SMILES string of the molecule is CCOc1cccc(/C=N\NC(=O)CN(Cc2ccc(Br)cc2)S(=O)(=O)c2ccccc2)c1O. The molecular formula is C24H24BrN3O5S. The summed E-state index contributed by atoms with van der Waals surface area (Å²) in [5.41, 5.74) is 3.39. The van der Waals surface area contributed by atoms with Crippen LogP contribution in [0.2, 0.25) is 0 Å². The van der Waals surface area contributed by atoms with Crippen LogP contribution in [0.3, 0.4) is 0 Å². The van der Waals surface area contributed by atoms with E-state index in [1.165, 1.54) is 18.3 Å². The molecule has 2 N–H and O–H groups in total. The molecule has 0 fully saturated rings. The average Bonchev–Trinajstić information content (AvgIpc) is 2.83. The number of hydrogen-bond acceptors (Lipinski definition) is 6. The second-order valence-corrected chi connectivity index (χ2v) is 9.99. The zero-order chi connectivity index (χ0) is 24.6. The van der Waals surface area contributed by atoms with Crippen LogP contribution in [0.15, 0.2) is 87.3 Å². The van der Waals surface area contributed by atoms with Crippen molar-refractivity contribution in [1.29, 1.82) is 0 Å². The van der Waals surface area contributed by atoms with Crippen LogP contribution in [0, 0.1) is 0 Å². The van der Waals surface area contributed by atoms with Crippen LogP contribution in [-0.4, -0.2) is 43.1 Å². The zero-order valence-corrected chi connectivity index (χ0v) is 20.8. The third-order valence-electron chi connectivity index (χ3n) is 4.70. The van der Waals surface area contributed by atoms with Crippen LogP contribution in [-0.2, 0) is 21.4 Å². The summed E-state index contributed by atoms with van der Waals surface area (Å²) in [6, 6.07) is 20.0. The summed E-state index contributed by atoms with van der Waals surface area (Å²) in [6.07, 6.45) is 1.26. The van der Waals surface area contributed by atoms with Crippen molar-refractivity contribution in [3.05, 3.63) is 88.4 Å². The smallest absolute Gasteiger partial charge is 0.255 e. The minimum atomic E-state index is -3.95. The molecule has 34 heavy (non-hydrogen) atoms. The first-order valence-electron chi connectivity index (χ1n) is 10.4. The van der Waals surface area contributed by atoms with Crippen molar-refractivity contribution in [2.45, 2.75) is 18.4 Å². The zero-order valence-electron chi connectivity index (χ0n) is 18.4. The first-order chi connectivity index (χ1) is 16.3. The Morgan fingerprint density at radius 1 is 1.09 bits per heavy atom. The van der Waals surface area contributed by atoms with E-state index in [1.807, 2.05) is 0 Å². The summed E-state index contributed by atoms with van der Waals surface area (Å²) >= 11 is 3.36. The van der Waals surface area contributed by atoms with Crippen LogP contribution in [0.5, 0.6) is 11.5 Å². The average molecular weight is 546 g/mol. The highest BCUT2D eigenvalue weighted by molar-refractivity contribution is 9.10. The van der Waals surface area contributed by atoms with Crippen LogP contribution in [0.1, 0.15) is 18.1 Å². The number of hydrazone groups is 1. The number of nitrogens with zero attached hydrogens (tertiary/aromatic N) is 2. The number of ether oxygens (including phenoxy) is 1. The number of amides is 1. The summed E-state index contributed by atoms with van der Waals surface area (Å²) in [4.78, 5) is 12.7. The monoisotopic (exact) mass is 545 g/mol. The molecule has 0 aromatic heterocycles. The van der Waals surface area contributed by atoms with Crippen LogP contribution in [0.4, 0.5) is 0 Å². The van der Waals surface area contributed by atoms with Gasteiger partial charge < -0.3 is 9.84 Å². The lowest BCUT2D eigenvalue weighted by atomic mass is 10.2. The fourth-order valence-electron chi connectivity index (χ4n) is 3.05. The highest BCUT2D eigenvalue weighted by Gasteiger charge is 2.26. The Balaban J connectivity index is 1.76. The lowest BCUT2D eigenvalue weighted by Gasteiger charge is -2.21. The molecule has 0 aliphatic rings. The molecule has 3 aromatic rings. The summed E-state index contributed by atoms with van der Waals surface area (Å²) in [5.74, 6) is -0.438. The third kappa shape index (κ3) is 6.66. The van der Waals surface area contributed by atoms with Crippen LogP contribution in [0.25, 0.3) is 0 Å². The number of rotatable bonds is 10. The number of sulfonamides is 1. The summed E-state index contributed by atoms with van der Waals surface area (Å²) in [7, 11) is -3.95. The molecule has 0 saturated carbocycles. The van der Waals surface area contributed by atoms with Crippen molar-refractivity contribution in [2.24, 2.45) is 5.10 Å². The van der Waals surface area contributed by atoms with Crippen molar-refractivity contribution >= 4 is 38.1 Å². The second kappa shape index (κ2) is 11.8. The predicted molar refractivity (Wildman–Crippen MR) is 133 cm³/mol. The molecule has 10 heteroatoms. The van der Waals surface area contributed by atoms with E-state index < -0.39 is 22.5 Å². The van der Waals surface area contributed by atoms with E-state index in [1.54, 1.807) is 67.6 Å². The largest absolute Gasteiger partial charge is 0.504 e. The number of carbonyl (C=O) groups is 1. The van der Waals surface area contributed by atoms with Gasteiger partial charge in [-0.25, -0.2) is 13.8 Å². The molecule has 3 aromatic carbocycles. The number of carbonyl (C=O) groups excluding carboxylic acids is 1. The van der Waals surface area contributed by atoms with Crippen molar-refractivity contribution in [3.8, 4) is 11.5 Å². The topological polar surface area (TPSA) is 108 Å². The van der Waals surface area contributed by atoms with Crippen molar-refractivity contribution in [3.63, 3.8) is 0 Å². The van der Waals surface area contributed by atoms with E-state index in [-0.39, 0.29) is 17.2 Å². The van der Waals surface area contributed by atoms with Crippen LogP contribution >= 0.6 is 15.9 Å². The molecule has 1 amide bonds. The molecule has 0 aliphatic heterocycles. The number of benzene rings is 3. The molecule has 0 heterocycles. The second-order valence-electron chi connectivity index (χ2n) is 7.13. The third-order valence-corrected chi connectivity index (χ3v) is 7.03. The molecule has 0 spiro atoms. The van der Waals surface area contributed by atoms with Gasteiger partial charge in [0.1, 0.15) is 0 Å². The summed E-state index contributed by atoms with van der Waals surface area (Å²) < 4.78 is 33.7. The first kappa shape index (κ1) is 25.4. The van der Waals surface area contributed by atoms with Gasteiger partial charge in [-0.15, -0.1) is 0 Å². The predicted octanol–water partition coefficient (Wildman–Crippen LogP) is 3.89. The Bertz CT molecular complexity index is 1250. The Hall–Kier alpha value is -3.21. The van der Waals surface area contributed by atoms with Crippen molar-refractivity contribution in [1.82, 2.24) is 9.73 Å². The van der Waals surface area contributed by atoms with Gasteiger partial charge in [0.15, 0.2) is 11.5 Å². The minimum absolute atomic E-state index is 0.00116. The summed E-state index contributed by atoms with van der Waals surface area (Å²) in [5, 5.41) is 14.1. The number of nitrogens with one attached hydrogen (secondary N) is 1. The van der Waals surface area contributed by atoms with Gasteiger partial charge in [-0.3, -0.25) is 4.79 Å². The van der Waals surface area contributed by atoms with Gasteiger partial charge in [0.25, 0.3) is 5.91 Å². The molecule has 8 nitrogen and oxygen atoms in total. The molecular weight excluding hydrogens is 522 g/mol. The number of para-hydroxylation sites is 1. The first-order valence-corrected chi connectivity index (χ1v) is 12.6. The molecule has 0 radical (unpaired) electrons. The van der Waals surface area contributed by atoms with Gasteiger partial charge in [0.05, 0.1) is 24.3 Å². The van der Waals surface area contributed by atoms with Crippen molar-refractivity contribution in [2.75, 3.05) is 13.2 Å². The van der Waals surface area contributed by atoms with Gasteiger partial charge in [-0.05, 0) is 48.9 Å². The van der Waals surface area contributed by atoms with E-state index in [0.717, 1.165) is 14.3 Å². The van der Waals surface area contributed by atoms with Gasteiger partial charge in [-0.2, -0.15) is 9.41 Å². The van der Waals surface area contributed by atoms with Gasteiger partial charge in [0, 0.05) is 16.6 Å². The molecule has 3 rings (SSSR count). The number of hydrogen-bond donors (Lipinski definition) is 2.